The van der Waals surface area contributed by atoms with E-state index in [1.165, 1.54) is 0 Å². The molecule has 1 aromatic carbocycles. The van der Waals surface area contributed by atoms with E-state index in [1.54, 1.807) is 19.1 Å². The molecule has 0 fully saturated rings. The quantitative estimate of drug-likeness (QED) is 0.839. The zero-order valence-electron chi connectivity index (χ0n) is 11.7. The summed E-state index contributed by atoms with van der Waals surface area (Å²) in [7, 11) is 3.22. The second-order valence-corrected chi connectivity index (χ2v) is 4.46. The zero-order chi connectivity index (χ0) is 14.0. The predicted molar refractivity (Wildman–Crippen MR) is 74.3 cm³/mol. The molecule has 0 radical (unpaired) electrons. The Kier molecular flexibility index (Phi) is 3.79. The third-order valence-corrected chi connectivity index (χ3v) is 3.45. The fraction of sp³-hybridized carbons (Fsp3) is 0.400. The average molecular weight is 261 g/mol. The smallest absolute Gasteiger partial charge is 0.226 e. The van der Waals surface area contributed by atoms with E-state index in [4.69, 9.17) is 9.47 Å². The standard InChI is InChI=1S/C15H19NO3/c1-5-15(17)16-7-6-11-8-13(18-3)14(19-4)9-12(11)10(16)2/h8-9H,2,5-7H2,1,3-4H3. The predicted octanol–water partition coefficient (Wildman–Crippen LogP) is 2.47. The third kappa shape index (κ3) is 2.30. The van der Waals surface area contributed by atoms with Crippen molar-refractivity contribution in [3.63, 3.8) is 0 Å². The number of benzene rings is 1. The van der Waals surface area contributed by atoms with Crippen LogP contribution >= 0.6 is 0 Å². The molecule has 0 atom stereocenters. The van der Waals surface area contributed by atoms with Crippen LogP contribution in [0.5, 0.6) is 11.5 Å². The molecule has 1 aliphatic rings. The first-order valence-electron chi connectivity index (χ1n) is 6.36. The van der Waals surface area contributed by atoms with Gasteiger partial charge in [0, 0.05) is 24.2 Å². The Morgan fingerprint density at radius 1 is 1.32 bits per heavy atom. The lowest BCUT2D eigenvalue weighted by Gasteiger charge is -2.31. The Morgan fingerprint density at radius 2 is 1.95 bits per heavy atom. The highest BCUT2D eigenvalue weighted by Crippen LogP contribution is 2.37. The Labute approximate surface area is 113 Å². The number of amides is 1. The summed E-state index contributed by atoms with van der Waals surface area (Å²) in [6.45, 7) is 6.58. The van der Waals surface area contributed by atoms with Crippen molar-refractivity contribution in [3.05, 3.63) is 29.8 Å². The maximum absolute atomic E-state index is 11.9. The zero-order valence-corrected chi connectivity index (χ0v) is 11.7. The van der Waals surface area contributed by atoms with Gasteiger partial charge in [-0.1, -0.05) is 13.5 Å². The minimum atomic E-state index is 0.102. The van der Waals surface area contributed by atoms with Crippen molar-refractivity contribution in [1.29, 1.82) is 0 Å². The molecule has 0 bridgehead atoms. The molecule has 1 aromatic rings. The van der Waals surface area contributed by atoms with Crippen molar-refractivity contribution in [2.75, 3.05) is 20.8 Å². The van der Waals surface area contributed by atoms with Gasteiger partial charge in [-0.2, -0.15) is 0 Å². The van der Waals surface area contributed by atoms with E-state index < -0.39 is 0 Å². The molecule has 0 saturated carbocycles. The van der Waals surface area contributed by atoms with E-state index >= 15 is 0 Å². The number of fused-ring (bicyclic) bond motifs is 1. The first kappa shape index (κ1) is 13.5. The minimum Gasteiger partial charge on any atom is -0.493 e. The summed E-state index contributed by atoms with van der Waals surface area (Å²) in [5.41, 5.74) is 2.85. The van der Waals surface area contributed by atoms with Crippen LogP contribution in [0.1, 0.15) is 24.5 Å². The van der Waals surface area contributed by atoms with Crippen molar-refractivity contribution >= 4 is 11.6 Å². The summed E-state index contributed by atoms with van der Waals surface area (Å²) in [6.07, 6.45) is 1.29. The molecule has 4 nitrogen and oxygen atoms in total. The molecule has 0 aliphatic carbocycles. The van der Waals surface area contributed by atoms with E-state index in [0.717, 1.165) is 23.2 Å². The molecule has 4 heteroatoms. The number of carbonyl (C=O) groups excluding carboxylic acids is 1. The molecule has 0 spiro atoms. The van der Waals surface area contributed by atoms with Gasteiger partial charge in [0.1, 0.15) is 0 Å². The van der Waals surface area contributed by atoms with Crippen LogP contribution in [0.4, 0.5) is 0 Å². The number of rotatable bonds is 3. The maximum atomic E-state index is 11.9. The lowest BCUT2D eigenvalue weighted by molar-refractivity contribution is -0.127. The minimum absolute atomic E-state index is 0.102. The summed E-state index contributed by atoms with van der Waals surface area (Å²) in [6, 6.07) is 3.86. The van der Waals surface area contributed by atoms with Crippen LogP contribution < -0.4 is 9.47 Å². The molecule has 1 amide bonds. The molecule has 2 rings (SSSR count). The second kappa shape index (κ2) is 5.34. The maximum Gasteiger partial charge on any atom is 0.226 e. The van der Waals surface area contributed by atoms with Crippen molar-refractivity contribution in [2.45, 2.75) is 19.8 Å². The van der Waals surface area contributed by atoms with Crippen LogP contribution in [-0.2, 0) is 11.2 Å². The number of nitrogens with zero attached hydrogens (tertiary/aromatic N) is 1. The van der Waals surface area contributed by atoms with Crippen LogP contribution in [0.25, 0.3) is 5.70 Å². The highest BCUT2D eigenvalue weighted by molar-refractivity contribution is 5.88. The van der Waals surface area contributed by atoms with Gasteiger partial charge in [0.05, 0.1) is 14.2 Å². The highest BCUT2D eigenvalue weighted by Gasteiger charge is 2.25. The molecule has 0 unspecified atom stereocenters. The fourth-order valence-corrected chi connectivity index (χ4v) is 2.38. The number of ether oxygens (including phenoxy) is 2. The van der Waals surface area contributed by atoms with Gasteiger partial charge in [-0.25, -0.2) is 0 Å². The van der Waals surface area contributed by atoms with E-state index in [0.29, 0.717) is 24.5 Å². The van der Waals surface area contributed by atoms with Gasteiger partial charge < -0.3 is 14.4 Å². The van der Waals surface area contributed by atoms with E-state index in [1.807, 2.05) is 19.1 Å². The lowest BCUT2D eigenvalue weighted by Crippen LogP contribution is -2.34. The van der Waals surface area contributed by atoms with E-state index in [-0.39, 0.29) is 5.91 Å². The van der Waals surface area contributed by atoms with E-state index in [9.17, 15) is 4.79 Å². The Hall–Kier alpha value is -1.97. The third-order valence-electron chi connectivity index (χ3n) is 3.45. The largest absolute Gasteiger partial charge is 0.493 e. The van der Waals surface area contributed by atoms with Gasteiger partial charge in [-0.05, 0) is 24.1 Å². The molecule has 0 aromatic heterocycles. The number of methoxy groups -OCH3 is 2. The SMILES string of the molecule is C=C1c2cc(OC)c(OC)cc2CCN1C(=O)CC. The molecule has 1 aliphatic heterocycles. The molecular weight excluding hydrogens is 242 g/mol. The van der Waals surface area contributed by atoms with Gasteiger partial charge >= 0.3 is 0 Å². The summed E-state index contributed by atoms with van der Waals surface area (Å²) in [5, 5.41) is 0. The van der Waals surface area contributed by atoms with Crippen molar-refractivity contribution in [3.8, 4) is 11.5 Å². The summed E-state index contributed by atoms with van der Waals surface area (Å²) >= 11 is 0. The van der Waals surface area contributed by atoms with Crippen LogP contribution in [0.15, 0.2) is 18.7 Å². The highest BCUT2D eigenvalue weighted by atomic mass is 16.5. The number of hydrogen-bond acceptors (Lipinski definition) is 3. The van der Waals surface area contributed by atoms with Crippen LogP contribution in [0.3, 0.4) is 0 Å². The topological polar surface area (TPSA) is 38.8 Å². The Bertz CT molecular complexity index is 522. The monoisotopic (exact) mass is 261 g/mol. The normalized spacial score (nSPS) is 14.1. The van der Waals surface area contributed by atoms with Gasteiger partial charge in [0.15, 0.2) is 11.5 Å². The van der Waals surface area contributed by atoms with Gasteiger partial charge in [0.25, 0.3) is 0 Å². The van der Waals surface area contributed by atoms with Crippen molar-refractivity contribution in [2.24, 2.45) is 0 Å². The molecule has 1 heterocycles. The molecule has 19 heavy (non-hydrogen) atoms. The summed E-state index contributed by atoms with van der Waals surface area (Å²) in [5.74, 6) is 1.47. The number of carbonyl (C=O) groups is 1. The lowest BCUT2D eigenvalue weighted by atomic mass is 9.96. The average Bonchev–Trinajstić information content (AvgIpc) is 2.45. The van der Waals surface area contributed by atoms with Gasteiger partial charge in [-0.3, -0.25) is 4.79 Å². The molecule has 0 saturated heterocycles. The van der Waals surface area contributed by atoms with Crippen molar-refractivity contribution < 1.29 is 14.3 Å². The van der Waals surface area contributed by atoms with E-state index in [2.05, 4.69) is 6.58 Å². The fourth-order valence-electron chi connectivity index (χ4n) is 2.38. The van der Waals surface area contributed by atoms with Gasteiger partial charge in [0.2, 0.25) is 5.91 Å². The summed E-state index contributed by atoms with van der Waals surface area (Å²) < 4.78 is 10.6. The van der Waals surface area contributed by atoms with Gasteiger partial charge in [-0.15, -0.1) is 0 Å². The second-order valence-electron chi connectivity index (χ2n) is 4.46. The first-order chi connectivity index (χ1) is 9.12. The van der Waals surface area contributed by atoms with Crippen LogP contribution in [0, 0.1) is 0 Å². The Morgan fingerprint density at radius 3 is 2.53 bits per heavy atom. The number of hydrogen-bond donors (Lipinski definition) is 0. The first-order valence-corrected chi connectivity index (χ1v) is 6.36. The van der Waals surface area contributed by atoms with Crippen LogP contribution in [-0.4, -0.2) is 31.6 Å². The molecule has 0 N–H and O–H groups in total. The Balaban J connectivity index is 2.43. The van der Waals surface area contributed by atoms with Crippen molar-refractivity contribution in [1.82, 2.24) is 4.90 Å². The molecule has 102 valence electrons. The summed E-state index contributed by atoms with van der Waals surface area (Å²) in [4.78, 5) is 13.6. The molecular formula is C15H19NO3. The van der Waals surface area contributed by atoms with Crippen LogP contribution in [0.2, 0.25) is 0 Å².